The van der Waals surface area contributed by atoms with E-state index in [1.165, 1.54) is 27.5 Å². The van der Waals surface area contributed by atoms with Crippen LogP contribution in [0.15, 0.2) is 23.1 Å². The van der Waals surface area contributed by atoms with Crippen molar-refractivity contribution in [3.63, 3.8) is 0 Å². The molecule has 0 radical (unpaired) electrons. The molecule has 2 N–H and O–H groups in total. The average molecular weight is 336 g/mol. The van der Waals surface area contributed by atoms with Crippen LogP contribution in [0.5, 0.6) is 17.2 Å². The van der Waals surface area contributed by atoms with Crippen molar-refractivity contribution in [3.05, 3.63) is 49.9 Å². The van der Waals surface area contributed by atoms with E-state index in [2.05, 4.69) is 9.97 Å². The maximum atomic E-state index is 12.0. The van der Waals surface area contributed by atoms with E-state index in [1.54, 1.807) is 17.6 Å². The molecule has 0 aliphatic rings. The van der Waals surface area contributed by atoms with Gasteiger partial charge >= 0.3 is 0 Å². The number of benzene rings is 1. The zero-order chi connectivity index (χ0) is 17.7. The van der Waals surface area contributed by atoms with Gasteiger partial charge in [-0.3, -0.25) is 9.78 Å². The lowest BCUT2D eigenvalue weighted by Crippen LogP contribution is -2.19. The van der Waals surface area contributed by atoms with Crippen molar-refractivity contribution < 1.29 is 19.2 Å². The van der Waals surface area contributed by atoms with Gasteiger partial charge in [0, 0.05) is 18.2 Å². The van der Waals surface area contributed by atoms with Crippen LogP contribution in [0.1, 0.15) is 11.1 Å². The fourth-order valence-corrected chi connectivity index (χ4v) is 2.15. The van der Waals surface area contributed by atoms with Gasteiger partial charge < -0.3 is 14.2 Å². The number of rotatable bonds is 7. The van der Waals surface area contributed by atoms with Crippen LogP contribution in [0.3, 0.4) is 0 Å². The number of hydrogen-bond donors (Lipinski definition) is 2. The number of methoxy groups -OCH3 is 3. The zero-order valence-electron chi connectivity index (χ0n) is 13.3. The summed E-state index contributed by atoms with van der Waals surface area (Å²) < 4.78 is 15.8. The Labute approximate surface area is 136 Å². The normalized spacial score (nSPS) is 10.1. The molecule has 2 rings (SSSR count). The molecular formula is C14H16N4O6. The number of aromatic amines is 1. The van der Waals surface area contributed by atoms with Crippen LogP contribution in [0.4, 0.5) is 5.95 Å². The molecule has 0 aliphatic carbocycles. The Hall–Kier alpha value is -3.30. The number of aromatic nitrogens is 2. The van der Waals surface area contributed by atoms with Gasteiger partial charge in [-0.2, -0.15) is 0 Å². The van der Waals surface area contributed by atoms with Crippen LogP contribution in [-0.4, -0.2) is 36.3 Å². The Kier molecular flexibility index (Phi) is 5.20. The molecule has 0 bridgehead atoms. The summed E-state index contributed by atoms with van der Waals surface area (Å²) in [7, 11) is 4.48. The molecule has 1 heterocycles. The third kappa shape index (κ3) is 3.72. The minimum Gasteiger partial charge on any atom is -0.493 e. The van der Waals surface area contributed by atoms with E-state index in [1.807, 2.05) is 0 Å². The van der Waals surface area contributed by atoms with Crippen molar-refractivity contribution in [2.45, 2.75) is 6.42 Å². The minimum atomic E-state index is -0.808. The third-order valence-electron chi connectivity index (χ3n) is 3.19. The monoisotopic (exact) mass is 336 g/mol. The predicted octanol–water partition coefficient (Wildman–Crippen LogP) is 0.990. The fraction of sp³-hybridized carbons (Fsp3) is 0.286. The lowest BCUT2D eigenvalue weighted by Gasteiger charge is -2.14. The number of nitro groups is 1. The van der Waals surface area contributed by atoms with Gasteiger partial charge in [-0.05, 0) is 17.7 Å². The van der Waals surface area contributed by atoms with Crippen LogP contribution in [0.2, 0.25) is 0 Å². The second kappa shape index (κ2) is 7.31. The molecule has 1 aromatic heterocycles. The Bertz CT molecular complexity index is 779. The van der Waals surface area contributed by atoms with Crippen molar-refractivity contribution in [1.29, 1.82) is 0 Å². The molecule has 0 saturated carbocycles. The van der Waals surface area contributed by atoms with Crippen LogP contribution in [0, 0.1) is 10.1 Å². The van der Waals surface area contributed by atoms with Gasteiger partial charge in [0.05, 0.1) is 21.3 Å². The molecule has 0 aliphatic heterocycles. The highest BCUT2D eigenvalue weighted by Crippen LogP contribution is 2.38. The van der Waals surface area contributed by atoms with Crippen LogP contribution in [-0.2, 0) is 6.42 Å². The Morgan fingerprint density at radius 1 is 1.21 bits per heavy atom. The lowest BCUT2D eigenvalue weighted by molar-refractivity contribution is -0.446. The second-order valence-corrected chi connectivity index (χ2v) is 4.67. The summed E-state index contributed by atoms with van der Waals surface area (Å²) in [5, 5.41) is 9.54. The lowest BCUT2D eigenvalue weighted by atomic mass is 10.1. The van der Waals surface area contributed by atoms with Gasteiger partial charge in [0.15, 0.2) is 16.5 Å². The van der Waals surface area contributed by atoms with E-state index in [4.69, 9.17) is 14.2 Å². The summed E-state index contributed by atoms with van der Waals surface area (Å²) in [4.78, 5) is 28.5. The van der Waals surface area contributed by atoms with E-state index in [0.717, 1.165) is 5.56 Å². The van der Waals surface area contributed by atoms with Crippen molar-refractivity contribution in [3.8, 4) is 17.2 Å². The summed E-state index contributed by atoms with van der Waals surface area (Å²) in [6.45, 7) is 0. The quantitative estimate of drug-likeness (QED) is 0.566. The molecule has 0 saturated heterocycles. The van der Waals surface area contributed by atoms with E-state index in [9.17, 15) is 14.9 Å². The Morgan fingerprint density at radius 3 is 2.29 bits per heavy atom. The van der Waals surface area contributed by atoms with E-state index >= 15 is 0 Å². The standard InChI is InChI=1S/C14H16N4O6/c1-22-10-5-8(6-11(23-2)12(10)24-3)4-9-7-15-14(16-13(9)19)17-18(20)21/h5-7H,4H2,1-3H3,(H2,15,16,17,19). The molecule has 0 fully saturated rings. The highest BCUT2D eigenvalue weighted by atomic mass is 16.7. The molecule has 10 nitrogen and oxygen atoms in total. The maximum Gasteiger partial charge on any atom is 0.265 e. The average Bonchev–Trinajstić information content (AvgIpc) is 2.55. The number of nitrogens with one attached hydrogen (secondary N) is 2. The van der Waals surface area contributed by atoms with E-state index in [0.29, 0.717) is 22.8 Å². The zero-order valence-corrected chi connectivity index (χ0v) is 13.3. The fourth-order valence-electron chi connectivity index (χ4n) is 2.15. The summed E-state index contributed by atoms with van der Waals surface area (Å²) in [5.41, 5.74) is 2.36. The van der Waals surface area contributed by atoms with Crippen molar-refractivity contribution in [2.75, 3.05) is 26.8 Å². The Balaban J connectivity index is 2.34. The highest BCUT2D eigenvalue weighted by molar-refractivity contribution is 5.54. The Morgan fingerprint density at radius 2 is 1.83 bits per heavy atom. The van der Waals surface area contributed by atoms with Crippen molar-refractivity contribution >= 4 is 5.95 Å². The first kappa shape index (κ1) is 17.1. The third-order valence-corrected chi connectivity index (χ3v) is 3.19. The van der Waals surface area contributed by atoms with Gasteiger partial charge in [-0.15, -0.1) is 0 Å². The first-order valence-electron chi connectivity index (χ1n) is 6.76. The molecule has 10 heteroatoms. The molecule has 0 atom stereocenters. The van der Waals surface area contributed by atoms with Gasteiger partial charge in [-0.1, -0.05) is 5.43 Å². The van der Waals surface area contributed by atoms with Crippen LogP contribution < -0.4 is 25.2 Å². The molecule has 1 aromatic carbocycles. The second-order valence-electron chi connectivity index (χ2n) is 4.67. The van der Waals surface area contributed by atoms with Crippen LogP contribution >= 0.6 is 0 Å². The predicted molar refractivity (Wildman–Crippen MR) is 84.4 cm³/mol. The number of hydrogen-bond acceptors (Lipinski definition) is 7. The first-order chi connectivity index (χ1) is 11.5. The number of hydrazine groups is 1. The maximum absolute atomic E-state index is 12.0. The van der Waals surface area contributed by atoms with E-state index < -0.39 is 10.6 Å². The first-order valence-corrected chi connectivity index (χ1v) is 6.76. The topological polar surface area (TPSA) is 129 Å². The number of anilines is 1. The van der Waals surface area contributed by atoms with Gasteiger partial charge in [-0.25, -0.2) is 15.1 Å². The van der Waals surface area contributed by atoms with Gasteiger partial charge in [0.2, 0.25) is 5.75 Å². The van der Waals surface area contributed by atoms with Crippen molar-refractivity contribution in [1.82, 2.24) is 9.97 Å². The summed E-state index contributed by atoms with van der Waals surface area (Å²) in [6.07, 6.45) is 1.51. The molecule has 0 amide bonds. The van der Waals surface area contributed by atoms with Gasteiger partial charge in [0.25, 0.3) is 11.5 Å². The molecule has 24 heavy (non-hydrogen) atoms. The molecule has 0 unspecified atom stereocenters. The largest absolute Gasteiger partial charge is 0.493 e. The minimum absolute atomic E-state index is 0.234. The molecular weight excluding hydrogens is 320 g/mol. The summed E-state index contributed by atoms with van der Waals surface area (Å²) in [5.74, 6) is 1.13. The molecule has 128 valence electrons. The molecule has 0 spiro atoms. The number of nitrogens with zero attached hydrogens (tertiary/aromatic N) is 2. The van der Waals surface area contributed by atoms with E-state index in [-0.39, 0.29) is 12.4 Å². The SMILES string of the molecule is COc1cc(Cc2cnc(N[N+](=O)[O-])[nH]c2=O)cc(OC)c1OC. The van der Waals surface area contributed by atoms with Gasteiger partial charge in [0.1, 0.15) is 0 Å². The van der Waals surface area contributed by atoms with Crippen molar-refractivity contribution in [2.24, 2.45) is 0 Å². The number of ether oxygens (including phenoxy) is 3. The highest BCUT2D eigenvalue weighted by Gasteiger charge is 2.14. The van der Waals surface area contributed by atoms with Crippen LogP contribution in [0.25, 0.3) is 0 Å². The summed E-state index contributed by atoms with van der Waals surface area (Å²) in [6, 6.07) is 3.42. The summed E-state index contributed by atoms with van der Waals surface area (Å²) >= 11 is 0. The smallest absolute Gasteiger partial charge is 0.265 e. The number of H-pyrrole nitrogens is 1. The molecule has 2 aromatic rings.